The van der Waals surface area contributed by atoms with Gasteiger partial charge in [0.05, 0.1) is 6.04 Å². The summed E-state index contributed by atoms with van der Waals surface area (Å²) in [4.78, 5) is 22.6. The molecular weight excluding hydrogens is 260 g/mol. The Labute approximate surface area is 117 Å². The van der Waals surface area contributed by atoms with Gasteiger partial charge in [-0.1, -0.05) is 29.8 Å². The summed E-state index contributed by atoms with van der Waals surface area (Å²) in [5.41, 5.74) is 2.05. The minimum absolute atomic E-state index is 0.0261. The quantitative estimate of drug-likeness (QED) is 0.629. The highest BCUT2D eigenvalue weighted by Gasteiger charge is 2.20. The monoisotopic (exact) mass is 280 g/mol. The molecule has 1 aromatic rings. The number of aliphatic carboxylic acids is 1. The van der Waals surface area contributed by atoms with E-state index in [9.17, 15) is 9.59 Å². The number of aliphatic hydroxyl groups excluding tert-OH is 1. The minimum Gasteiger partial charge on any atom is -0.480 e. The highest BCUT2D eigenvalue weighted by atomic mass is 16.4. The fourth-order valence-electron chi connectivity index (χ4n) is 1.72. The Hall–Kier alpha value is -2.08. The standard InChI is InChI=1S/C14H20N2O4/c1-9-3-5-11(6-4-9)10(2)15-14(20)16-12(7-8-17)13(18)19/h3-6,10,12,17H,7-8H2,1-2H3,(H,18,19)(H2,15,16,20)/t10?,12-/m1/s1. The van der Waals surface area contributed by atoms with Crippen LogP contribution in [0.3, 0.4) is 0 Å². The van der Waals surface area contributed by atoms with E-state index in [1.807, 2.05) is 38.1 Å². The normalized spacial score (nSPS) is 13.3. The molecule has 0 aliphatic carbocycles. The number of hydrogen-bond donors (Lipinski definition) is 4. The lowest BCUT2D eigenvalue weighted by molar-refractivity contribution is -0.139. The number of carbonyl (C=O) groups excluding carboxylic acids is 1. The zero-order valence-corrected chi connectivity index (χ0v) is 11.6. The molecule has 0 aromatic heterocycles. The average molecular weight is 280 g/mol. The molecule has 0 aliphatic rings. The number of aliphatic hydroxyl groups is 1. The van der Waals surface area contributed by atoms with Crippen molar-refractivity contribution in [2.24, 2.45) is 0 Å². The summed E-state index contributed by atoms with van der Waals surface area (Å²) in [5.74, 6) is -1.17. The number of carboxylic acids is 1. The highest BCUT2D eigenvalue weighted by Crippen LogP contribution is 2.12. The van der Waals surface area contributed by atoms with Crippen LogP contribution in [0.25, 0.3) is 0 Å². The van der Waals surface area contributed by atoms with E-state index in [4.69, 9.17) is 10.2 Å². The highest BCUT2D eigenvalue weighted by molar-refractivity contribution is 5.82. The predicted octanol–water partition coefficient (Wildman–Crippen LogP) is 1.19. The lowest BCUT2D eigenvalue weighted by Gasteiger charge is -2.18. The molecule has 0 saturated heterocycles. The van der Waals surface area contributed by atoms with Crippen molar-refractivity contribution < 1.29 is 19.8 Å². The number of carboxylic acid groups (broad SMARTS) is 1. The molecule has 0 bridgehead atoms. The first kappa shape index (κ1) is 16.0. The number of carbonyl (C=O) groups is 2. The van der Waals surface area contributed by atoms with Crippen molar-refractivity contribution in [2.45, 2.75) is 32.4 Å². The van der Waals surface area contributed by atoms with Gasteiger partial charge in [-0.2, -0.15) is 0 Å². The lowest BCUT2D eigenvalue weighted by atomic mass is 10.1. The SMILES string of the molecule is Cc1ccc(C(C)NC(=O)N[C@H](CCO)C(=O)O)cc1. The van der Waals surface area contributed by atoms with Crippen molar-refractivity contribution in [2.75, 3.05) is 6.61 Å². The van der Waals surface area contributed by atoms with E-state index in [1.54, 1.807) is 0 Å². The molecule has 0 aliphatic heterocycles. The molecule has 2 atom stereocenters. The number of aryl methyl sites for hydroxylation is 1. The maximum Gasteiger partial charge on any atom is 0.326 e. The molecule has 20 heavy (non-hydrogen) atoms. The summed E-state index contributed by atoms with van der Waals surface area (Å²) in [6, 6.07) is 5.79. The topological polar surface area (TPSA) is 98.7 Å². The van der Waals surface area contributed by atoms with Gasteiger partial charge in [0.2, 0.25) is 0 Å². The molecule has 1 rings (SSSR count). The number of hydrogen-bond acceptors (Lipinski definition) is 3. The van der Waals surface area contributed by atoms with E-state index >= 15 is 0 Å². The smallest absolute Gasteiger partial charge is 0.326 e. The maximum absolute atomic E-state index is 11.7. The average Bonchev–Trinajstić information content (AvgIpc) is 2.38. The van der Waals surface area contributed by atoms with Gasteiger partial charge in [-0.15, -0.1) is 0 Å². The van der Waals surface area contributed by atoms with Crippen LogP contribution >= 0.6 is 0 Å². The Morgan fingerprint density at radius 2 is 1.80 bits per heavy atom. The number of urea groups is 1. The second kappa shape index (κ2) is 7.49. The largest absolute Gasteiger partial charge is 0.480 e. The van der Waals surface area contributed by atoms with E-state index in [-0.39, 0.29) is 19.1 Å². The fourth-order valence-corrected chi connectivity index (χ4v) is 1.72. The van der Waals surface area contributed by atoms with Gasteiger partial charge < -0.3 is 20.8 Å². The Kier molecular flexibility index (Phi) is 5.99. The van der Waals surface area contributed by atoms with E-state index in [2.05, 4.69) is 10.6 Å². The van der Waals surface area contributed by atoms with Crippen LogP contribution in [0.1, 0.15) is 30.5 Å². The summed E-state index contributed by atoms with van der Waals surface area (Å²) in [6.07, 6.45) is -0.0261. The second-order valence-electron chi connectivity index (χ2n) is 4.65. The van der Waals surface area contributed by atoms with E-state index in [0.29, 0.717) is 0 Å². The summed E-state index contributed by atoms with van der Waals surface area (Å²) in [7, 11) is 0. The molecule has 0 fully saturated rings. The Balaban J connectivity index is 2.56. The van der Waals surface area contributed by atoms with Crippen LogP contribution < -0.4 is 10.6 Å². The van der Waals surface area contributed by atoms with Gasteiger partial charge in [-0.25, -0.2) is 9.59 Å². The van der Waals surface area contributed by atoms with Crippen molar-refractivity contribution in [3.05, 3.63) is 35.4 Å². The van der Waals surface area contributed by atoms with Crippen LogP contribution in [0.5, 0.6) is 0 Å². The lowest BCUT2D eigenvalue weighted by Crippen LogP contribution is -2.47. The van der Waals surface area contributed by atoms with Crippen LogP contribution in [-0.4, -0.2) is 34.9 Å². The number of rotatable bonds is 6. The third-order valence-corrected chi connectivity index (χ3v) is 2.95. The third-order valence-electron chi connectivity index (χ3n) is 2.95. The van der Waals surface area contributed by atoms with Gasteiger partial charge in [-0.05, 0) is 19.4 Å². The van der Waals surface area contributed by atoms with Crippen molar-refractivity contribution in [1.29, 1.82) is 0 Å². The number of benzene rings is 1. The molecule has 2 amide bonds. The van der Waals surface area contributed by atoms with Gasteiger partial charge in [-0.3, -0.25) is 0 Å². The molecule has 4 N–H and O–H groups in total. The molecule has 6 heteroatoms. The van der Waals surface area contributed by atoms with Crippen LogP contribution in [0, 0.1) is 6.92 Å². The van der Waals surface area contributed by atoms with E-state index < -0.39 is 18.0 Å². The summed E-state index contributed by atoms with van der Waals surface area (Å²) < 4.78 is 0. The van der Waals surface area contributed by atoms with Crippen molar-refractivity contribution in [1.82, 2.24) is 10.6 Å². The van der Waals surface area contributed by atoms with Gasteiger partial charge in [0, 0.05) is 13.0 Å². The van der Waals surface area contributed by atoms with Crippen LogP contribution in [0.15, 0.2) is 24.3 Å². The molecule has 1 aromatic carbocycles. The van der Waals surface area contributed by atoms with Gasteiger partial charge in [0.15, 0.2) is 0 Å². The predicted molar refractivity (Wildman–Crippen MR) is 74.4 cm³/mol. The molecule has 0 radical (unpaired) electrons. The van der Waals surface area contributed by atoms with Gasteiger partial charge >= 0.3 is 12.0 Å². The summed E-state index contributed by atoms with van der Waals surface area (Å²) in [6.45, 7) is 3.48. The Bertz CT molecular complexity index is 459. The van der Waals surface area contributed by atoms with Crippen LogP contribution in [0.4, 0.5) is 4.79 Å². The fraction of sp³-hybridized carbons (Fsp3) is 0.429. The zero-order valence-electron chi connectivity index (χ0n) is 11.6. The molecule has 6 nitrogen and oxygen atoms in total. The van der Waals surface area contributed by atoms with E-state index in [0.717, 1.165) is 11.1 Å². The van der Waals surface area contributed by atoms with Gasteiger partial charge in [0.1, 0.15) is 6.04 Å². The first-order valence-corrected chi connectivity index (χ1v) is 6.41. The zero-order chi connectivity index (χ0) is 15.1. The number of amides is 2. The molecule has 110 valence electrons. The number of nitrogens with one attached hydrogen (secondary N) is 2. The minimum atomic E-state index is -1.17. The molecule has 0 spiro atoms. The van der Waals surface area contributed by atoms with Crippen LogP contribution in [0.2, 0.25) is 0 Å². The Morgan fingerprint density at radius 1 is 1.20 bits per heavy atom. The van der Waals surface area contributed by atoms with Crippen molar-refractivity contribution in [3.63, 3.8) is 0 Å². The van der Waals surface area contributed by atoms with Crippen LogP contribution in [-0.2, 0) is 4.79 Å². The third kappa shape index (κ3) is 4.89. The van der Waals surface area contributed by atoms with Crippen molar-refractivity contribution >= 4 is 12.0 Å². The maximum atomic E-state index is 11.7. The molecule has 0 saturated carbocycles. The first-order valence-electron chi connectivity index (χ1n) is 6.41. The Morgan fingerprint density at radius 3 is 2.30 bits per heavy atom. The summed E-state index contributed by atoms with van der Waals surface area (Å²) >= 11 is 0. The van der Waals surface area contributed by atoms with Crippen molar-refractivity contribution in [3.8, 4) is 0 Å². The summed E-state index contributed by atoms with van der Waals surface area (Å²) in [5, 5.41) is 22.6. The molecule has 0 heterocycles. The molecular formula is C14H20N2O4. The molecule has 1 unspecified atom stereocenters. The van der Waals surface area contributed by atoms with Gasteiger partial charge in [0.25, 0.3) is 0 Å². The first-order chi connectivity index (χ1) is 9.43. The second-order valence-corrected chi connectivity index (χ2v) is 4.65. The van der Waals surface area contributed by atoms with E-state index in [1.165, 1.54) is 0 Å².